The molecule has 4 aliphatic heterocycles. The predicted octanol–water partition coefficient (Wildman–Crippen LogP) is 7.71. The maximum atomic E-state index is 10.7. The van der Waals surface area contributed by atoms with E-state index < -0.39 is 0 Å². The lowest BCUT2D eigenvalue weighted by Crippen LogP contribution is -2.45. The third-order valence-corrected chi connectivity index (χ3v) is 12.8. The summed E-state index contributed by atoms with van der Waals surface area (Å²) < 4.78 is 0. The largest absolute Gasteiger partial charge is 0.393 e. The Morgan fingerprint density at radius 3 is 1.51 bits per heavy atom. The van der Waals surface area contributed by atoms with E-state index in [2.05, 4.69) is 49.6 Å². The first-order valence-electron chi connectivity index (χ1n) is 15.0. The van der Waals surface area contributed by atoms with Crippen molar-refractivity contribution < 1.29 is 10.2 Å². The van der Waals surface area contributed by atoms with E-state index in [1.807, 2.05) is 23.5 Å². The second-order valence-electron chi connectivity index (χ2n) is 13.6. The van der Waals surface area contributed by atoms with Crippen LogP contribution >= 0.6 is 72.4 Å². The number of aliphatic hydroxyl groups excluding tert-OH is 2. The summed E-state index contributed by atoms with van der Waals surface area (Å²) in [5.74, 6) is 2.96. The van der Waals surface area contributed by atoms with Gasteiger partial charge < -0.3 is 20.0 Å². The molecule has 4 rings (SSSR count). The molecule has 41 heavy (non-hydrogen) atoms. The van der Waals surface area contributed by atoms with Gasteiger partial charge in [-0.05, 0) is 102 Å². The minimum Gasteiger partial charge on any atom is -0.393 e. The van der Waals surface area contributed by atoms with Crippen LogP contribution in [-0.2, 0) is 0 Å². The van der Waals surface area contributed by atoms with Gasteiger partial charge in [0.25, 0.3) is 0 Å². The number of aliphatic hydroxyl groups is 2. The van der Waals surface area contributed by atoms with Crippen LogP contribution in [-0.4, -0.2) is 76.8 Å². The Hall–Kier alpha value is 0.0600. The first kappa shape index (κ1) is 33.9. The number of fused-ring (bicyclic) bond motifs is 2. The van der Waals surface area contributed by atoms with Gasteiger partial charge in [0.05, 0.1) is 22.2 Å². The number of hydrogen-bond acceptors (Lipinski definition) is 8. The molecule has 0 saturated carbocycles. The maximum absolute atomic E-state index is 10.7. The Kier molecular flexibility index (Phi) is 12.0. The number of thioether (sulfide) groups is 2. The third kappa shape index (κ3) is 9.05. The van der Waals surface area contributed by atoms with Crippen molar-refractivity contribution in [3.05, 3.63) is 22.0 Å². The van der Waals surface area contributed by atoms with Crippen molar-refractivity contribution in [1.29, 1.82) is 0 Å². The highest BCUT2D eigenvalue weighted by molar-refractivity contribution is 8.03. The molecule has 2 N–H and O–H groups in total. The third-order valence-electron chi connectivity index (χ3n) is 8.78. The van der Waals surface area contributed by atoms with Crippen molar-refractivity contribution in [3.8, 4) is 0 Å². The molecule has 0 aromatic rings. The smallest absolute Gasteiger partial charge is 0.107 e. The SMILES string of the molecule is CC(C)(CCC(O)CCCC(O)CCC(C)(C)CN1C(=S)C=C2SCCC2C1=S)CN1C(=S)C=C2SCCC2C1=S. The van der Waals surface area contributed by atoms with Crippen molar-refractivity contribution in [2.24, 2.45) is 22.7 Å². The topological polar surface area (TPSA) is 46.9 Å². The van der Waals surface area contributed by atoms with E-state index in [4.69, 9.17) is 48.9 Å². The molecular weight excluding hydrogens is 625 g/mol. The molecule has 2 saturated heterocycles. The van der Waals surface area contributed by atoms with E-state index >= 15 is 0 Å². The van der Waals surface area contributed by atoms with Gasteiger partial charge in [-0.25, -0.2) is 0 Å². The normalized spacial score (nSPS) is 24.8. The molecule has 4 aliphatic rings. The molecule has 10 heteroatoms. The molecule has 4 nitrogen and oxygen atoms in total. The van der Waals surface area contributed by atoms with Gasteiger partial charge in [-0.2, -0.15) is 0 Å². The Labute approximate surface area is 277 Å². The van der Waals surface area contributed by atoms with E-state index in [0.29, 0.717) is 24.7 Å². The second kappa shape index (κ2) is 14.4. The molecular formula is C31H46N2O2S6. The van der Waals surface area contributed by atoms with Crippen LogP contribution in [0, 0.1) is 22.7 Å². The van der Waals surface area contributed by atoms with Gasteiger partial charge in [0.1, 0.15) is 9.98 Å². The molecule has 228 valence electrons. The Morgan fingerprint density at radius 1 is 0.732 bits per heavy atom. The fourth-order valence-electron chi connectivity index (χ4n) is 6.16. The standard InChI is InChI=1S/C31H46N2O2S6/c1-30(2,18-32-26(36)16-24-22(28(32)38)10-14-40-24)12-8-20(34)6-5-7-21(35)9-13-31(3,4)19-33-27(37)17-25-23(29(33)39)11-15-41-25/h16-17,20-23,34-35H,5-15,18-19H2,1-4H3. The van der Waals surface area contributed by atoms with E-state index in [-0.39, 0.29) is 23.0 Å². The maximum Gasteiger partial charge on any atom is 0.107 e. The second-order valence-corrected chi connectivity index (χ2v) is 17.7. The molecule has 4 unspecified atom stereocenters. The van der Waals surface area contributed by atoms with Crippen molar-refractivity contribution in [3.63, 3.8) is 0 Å². The predicted molar refractivity (Wildman–Crippen MR) is 193 cm³/mol. The summed E-state index contributed by atoms with van der Waals surface area (Å²) in [7, 11) is 0. The highest BCUT2D eigenvalue weighted by atomic mass is 32.2. The lowest BCUT2D eigenvalue weighted by molar-refractivity contribution is 0.104. The highest BCUT2D eigenvalue weighted by Crippen LogP contribution is 2.43. The van der Waals surface area contributed by atoms with Crippen LogP contribution in [0.25, 0.3) is 0 Å². The zero-order valence-electron chi connectivity index (χ0n) is 24.9. The molecule has 0 radical (unpaired) electrons. The van der Waals surface area contributed by atoms with Crippen LogP contribution in [0.2, 0.25) is 0 Å². The lowest BCUT2D eigenvalue weighted by atomic mass is 9.84. The molecule has 0 bridgehead atoms. The summed E-state index contributed by atoms with van der Waals surface area (Å²) in [5, 5.41) is 21.4. The first-order valence-corrected chi connectivity index (χ1v) is 18.6. The van der Waals surface area contributed by atoms with Crippen LogP contribution in [0.5, 0.6) is 0 Å². The van der Waals surface area contributed by atoms with E-state index in [9.17, 15) is 10.2 Å². The molecule has 0 aromatic carbocycles. The molecule has 4 atom stereocenters. The van der Waals surface area contributed by atoms with Gasteiger partial charge in [0.15, 0.2) is 0 Å². The van der Waals surface area contributed by atoms with Crippen LogP contribution in [0.15, 0.2) is 22.0 Å². The Balaban J connectivity index is 1.13. The summed E-state index contributed by atoms with van der Waals surface area (Å²) >= 11 is 26.8. The van der Waals surface area contributed by atoms with Crippen LogP contribution in [0.3, 0.4) is 0 Å². The minimum atomic E-state index is -0.358. The summed E-state index contributed by atoms with van der Waals surface area (Å²) in [5.41, 5.74) is -0.0194. The molecule has 2 fully saturated rings. The number of nitrogens with zero attached hydrogens (tertiary/aromatic N) is 2. The Bertz CT molecular complexity index is 1020. The zero-order valence-corrected chi connectivity index (χ0v) is 29.8. The summed E-state index contributed by atoms with van der Waals surface area (Å²) in [6, 6.07) is 0. The summed E-state index contributed by atoms with van der Waals surface area (Å²) in [4.78, 5) is 10.6. The summed E-state index contributed by atoms with van der Waals surface area (Å²) in [6.45, 7) is 10.5. The minimum absolute atomic E-state index is 0.00969. The fraction of sp³-hybridized carbons (Fsp3) is 0.742. The van der Waals surface area contributed by atoms with Crippen molar-refractivity contribution >= 4 is 92.3 Å². The van der Waals surface area contributed by atoms with Gasteiger partial charge in [0, 0.05) is 24.9 Å². The average Bonchev–Trinajstić information content (AvgIpc) is 3.56. The van der Waals surface area contributed by atoms with Crippen molar-refractivity contribution in [2.45, 2.75) is 97.7 Å². The van der Waals surface area contributed by atoms with Gasteiger partial charge in [-0.3, -0.25) is 0 Å². The van der Waals surface area contributed by atoms with E-state index in [1.54, 1.807) is 0 Å². The molecule has 0 spiro atoms. The van der Waals surface area contributed by atoms with E-state index in [0.717, 1.165) is 89.5 Å². The lowest BCUT2D eigenvalue weighted by Gasteiger charge is -2.38. The first-order chi connectivity index (χ1) is 19.3. The zero-order chi connectivity index (χ0) is 29.9. The Morgan fingerprint density at radius 2 is 1.12 bits per heavy atom. The molecule has 0 amide bonds. The van der Waals surface area contributed by atoms with Gasteiger partial charge in [-0.15, -0.1) is 23.5 Å². The average molecular weight is 671 g/mol. The number of hydrogen-bond donors (Lipinski definition) is 2. The quantitative estimate of drug-likeness (QED) is 0.180. The molecule has 0 aromatic heterocycles. The van der Waals surface area contributed by atoms with Crippen LogP contribution in [0.4, 0.5) is 0 Å². The highest BCUT2D eigenvalue weighted by Gasteiger charge is 2.38. The van der Waals surface area contributed by atoms with Gasteiger partial charge in [-0.1, -0.05) is 76.6 Å². The van der Waals surface area contributed by atoms with Crippen LogP contribution in [0.1, 0.15) is 85.5 Å². The van der Waals surface area contributed by atoms with Gasteiger partial charge in [0.2, 0.25) is 0 Å². The fourth-order valence-corrected chi connectivity index (χ4v) is 10.4. The number of rotatable bonds is 14. The van der Waals surface area contributed by atoms with Crippen molar-refractivity contribution in [1.82, 2.24) is 9.80 Å². The van der Waals surface area contributed by atoms with Crippen molar-refractivity contribution in [2.75, 3.05) is 24.6 Å². The van der Waals surface area contributed by atoms with Crippen LogP contribution < -0.4 is 0 Å². The number of thiocarbonyl (C=S) groups is 4. The molecule has 0 aliphatic carbocycles. The molecule has 4 heterocycles. The summed E-state index contributed by atoms with van der Waals surface area (Å²) in [6.07, 6.45) is 11.3. The van der Waals surface area contributed by atoms with E-state index in [1.165, 1.54) is 9.81 Å². The monoisotopic (exact) mass is 670 g/mol. The van der Waals surface area contributed by atoms with Gasteiger partial charge >= 0.3 is 0 Å².